The van der Waals surface area contributed by atoms with E-state index in [9.17, 15) is 0 Å². The highest BCUT2D eigenvalue weighted by Gasteiger charge is 2.23. The molecule has 0 aromatic carbocycles. The Bertz CT molecular complexity index is 580. The first-order valence-corrected chi connectivity index (χ1v) is 10.5. The highest BCUT2D eigenvalue weighted by Crippen LogP contribution is 2.17. The molecule has 0 radical (unpaired) electrons. The van der Waals surface area contributed by atoms with Crippen LogP contribution < -0.4 is 10.2 Å². The van der Waals surface area contributed by atoms with Crippen LogP contribution in [0.5, 0.6) is 0 Å². The molecule has 1 aromatic heterocycles. The van der Waals surface area contributed by atoms with Gasteiger partial charge in [-0.25, -0.2) is 4.98 Å². The summed E-state index contributed by atoms with van der Waals surface area (Å²) >= 11 is 0. The fraction of sp³-hybridized carbons (Fsp3) is 0.714. The largest absolute Gasteiger partial charge is 0.356 e. The lowest BCUT2D eigenvalue weighted by Gasteiger charge is -2.38. The van der Waals surface area contributed by atoms with E-state index in [0.717, 1.165) is 56.3 Å². The van der Waals surface area contributed by atoms with E-state index in [4.69, 9.17) is 0 Å². The number of aromatic nitrogens is 1. The van der Waals surface area contributed by atoms with Crippen LogP contribution >= 0.6 is 0 Å². The first-order chi connectivity index (χ1) is 13.2. The second-order valence-electron chi connectivity index (χ2n) is 8.25. The monoisotopic (exact) mass is 372 g/mol. The summed E-state index contributed by atoms with van der Waals surface area (Å²) in [4.78, 5) is 16.4. The summed E-state index contributed by atoms with van der Waals surface area (Å²) in [7, 11) is 1.90. The zero-order valence-corrected chi connectivity index (χ0v) is 17.3. The molecule has 2 fully saturated rings. The molecule has 0 spiro atoms. The number of piperidine rings is 1. The molecule has 1 aromatic rings. The molecule has 0 amide bonds. The second-order valence-corrected chi connectivity index (χ2v) is 8.25. The number of nitrogens with one attached hydrogen (secondary N) is 1. The average Bonchev–Trinajstić information content (AvgIpc) is 2.69. The van der Waals surface area contributed by atoms with Crippen LogP contribution in [0, 0.1) is 11.8 Å². The SMILES string of the molecule is CN=C(NCC1CCCN(CC(C)C)C1)N1CCN(c2ccccn2)CC1. The van der Waals surface area contributed by atoms with Crippen molar-refractivity contribution in [1.82, 2.24) is 20.1 Å². The van der Waals surface area contributed by atoms with Crippen molar-refractivity contribution in [3.05, 3.63) is 24.4 Å². The van der Waals surface area contributed by atoms with Crippen LogP contribution in [0.3, 0.4) is 0 Å². The Morgan fingerprint density at radius 1 is 1.22 bits per heavy atom. The number of aliphatic imine (C=N–C) groups is 1. The molecule has 2 aliphatic heterocycles. The number of piperazine rings is 1. The third-order valence-electron chi connectivity index (χ3n) is 5.54. The third-order valence-corrected chi connectivity index (χ3v) is 5.54. The Labute approximate surface area is 164 Å². The number of nitrogens with zero attached hydrogens (tertiary/aromatic N) is 5. The van der Waals surface area contributed by atoms with Gasteiger partial charge in [0.25, 0.3) is 0 Å². The van der Waals surface area contributed by atoms with Gasteiger partial charge in [0.05, 0.1) is 0 Å². The Morgan fingerprint density at radius 2 is 2.04 bits per heavy atom. The molecule has 27 heavy (non-hydrogen) atoms. The third kappa shape index (κ3) is 5.83. The zero-order valence-electron chi connectivity index (χ0n) is 17.3. The maximum absolute atomic E-state index is 4.55. The molecule has 1 unspecified atom stereocenters. The lowest BCUT2D eigenvalue weighted by molar-refractivity contribution is 0.159. The van der Waals surface area contributed by atoms with Crippen molar-refractivity contribution in [2.45, 2.75) is 26.7 Å². The first kappa shape index (κ1) is 19.9. The van der Waals surface area contributed by atoms with Crippen LogP contribution in [-0.4, -0.2) is 80.1 Å². The van der Waals surface area contributed by atoms with Crippen LogP contribution in [0.2, 0.25) is 0 Å². The maximum Gasteiger partial charge on any atom is 0.193 e. The van der Waals surface area contributed by atoms with Crippen molar-refractivity contribution in [3.8, 4) is 0 Å². The lowest BCUT2D eigenvalue weighted by Crippen LogP contribution is -2.53. The molecule has 2 aliphatic rings. The van der Waals surface area contributed by atoms with Crippen molar-refractivity contribution in [3.63, 3.8) is 0 Å². The summed E-state index contributed by atoms with van der Waals surface area (Å²) in [5, 5.41) is 3.65. The number of anilines is 1. The minimum absolute atomic E-state index is 0.726. The van der Waals surface area contributed by atoms with Gasteiger partial charge < -0.3 is 20.0 Å². The average molecular weight is 373 g/mol. The number of likely N-dealkylation sites (tertiary alicyclic amines) is 1. The minimum atomic E-state index is 0.726. The summed E-state index contributed by atoms with van der Waals surface area (Å²) in [5.41, 5.74) is 0. The van der Waals surface area contributed by atoms with E-state index in [2.05, 4.69) is 56.0 Å². The number of pyridine rings is 1. The Kier molecular flexibility index (Phi) is 7.33. The molecule has 0 aliphatic carbocycles. The molecule has 0 bridgehead atoms. The van der Waals surface area contributed by atoms with Crippen molar-refractivity contribution in [2.24, 2.45) is 16.8 Å². The Balaban J connectivity index is 1.44. The second kappa shape index (κ2) is 9.93. The van der Waals surface area contributed by atoms with E-state index < -0.39 is 0 Å². The fourth-order valence-corrected chi connectivity index (χ4v) is 4.26. The van der Waals surface area contributed by atoms with E-state index in [0.29, 0.717) is 0 Å². The predicted octanol–water partition coefficient (Wildman–Crippen LogP) is 2.15. The van der Waals surface area contributed by atoms with Gasteiger partial charge in [-0.1, -0.05) is 19.9 Å². The number of hydrogen-bond acceptors (Lipinski definition) is 4. The lowest BCUT2D eigenvalue weighted by atomic mass is 9.97. The first-order valence-electron chi connectivity index (χ1n) is 10.5. The smallest absolute Gasteiger partial charge is 0.193 e. The molecular formula is C21H36N6. The highest BCUT2D eigenvalue weighted by atomic mass is 15.4. The van der Waals surface area contributed by atoms with Crippen LogP contribution in [0.25, 0.3) is 0 Å². The van der Waals surface area contributed by atoms with Crippen LogP contribution in [-0.2, 0) is 0 Å². The Morgan fingerprint density at radius 3 is 2.70 bits per heavy atom. The summed E-state index contributed by atoms with van der Waals surface area (Å²) in [6.45, 7) is 13.3. The van der Waals surface area contributed by atoms with Gasteiger partial charge in [0.15, 0.2) is 5.96 Å². The van der Waals surface area contributed by atoms with Crippen molar-refractivity contribution >= 4 is 11.8 Å². The fourth-order valence-electron chi connectivity index (χ4n) is 4.26. The number of rotatable bonds is 5. The van der Waals surface area contributed by atoms with E-state index in [1.807, 2.05) is 19.3 Å². The van der Waals surface area contributed by atoms with Gasteiger partial charge in [0.2, 0.25) is 0 Å². The standard InChI is InChI=1S/C21H36N6/c1-18(2)16-25-10-6-7-19(17-25)15-24-21(22-3)27-13-11-26(12-14-27)20-8-4-5-9-23-20/h4-5,8-9,18-19H,6-7,10-17H2,1-3H3,(H,22,24). The zero-order chi connectivity index (χ0) is 19.1. The van der Waals surface area contributed by atoms with Crippen LogP contribution in [0.15, 0.2) is 29.4 Å². The molecule has 6 heteroatoms. The summed E-state index contributed by atoms with van der Waals surface area (Å²) in [5.74, 6) is 3.60. The van der Waals surface area contributed by atoms with Gasteiger partial charge in [0, 0.05) is 59.1 Å². The van der Waals surface area contributed by atoms with Gasteiger partial charge >= 0.3 is 0 Å². The quantitative estimate of drug-likeness (QED) is 0.634. The topological polar surface area (TPSA) is 47.0 Å². The molecule has 1 atom stereocenters. The van der Waals surface area contributed by atoms with Gasteiger partial charge in [-0.05, 0) is 43.4 Å². The van der Waals surface area contributed by atoms with Crippen molar-refractivity contribution in [1.29, 1.82) is 0 Å². The van der Waals surface area contributed by atoms with E-state index in [1.165, 1.54) is 32.5 Å². The molecule has 6 nitrogen and oxygen atoms in total. The van der Waals surface area contributed by atoms with Crippen molar-refractivity contribution < 1.29 is 0 Å². The molecule has 150 valence electrons. The van der Waals surface area contributed by atoms with Gasteiger partial charge in [0.1, 0.15) is 5.82 Å². The van der Waals surface area contributed by atoms with Crippen LogP contribution in [0.1, 0.15) is 26.7 Å². The normalized spacial score (nSPS) is 22.4. The molecule has 3 rings (SSSR count). The number of guanidine groups is 1. The van der Waals surface area contributed by atoms with Gasteiger partial charge in [-0.15, -0.1) is 0 Å². The van der Waals surface area contributed by atoms with Gasteiger partial charge in [-0.2, -0.15) is 0 Å². The van der Waals surface area contributed by atoms with Crippen molar-refractivity contribution in [2.75, 3.05) is 64.3 Å². The summed E-state index contributed by atoms with van der Waals surface area (Å²) in [6, 6.07) is 6.12. The molecule has 2 saturated heterocycles. The molecule has 3 heterocycles. The van der Waals surface area contributed by atoms with Crippen LogP contribution in [0.4, 0.5) is 5.82 Å². The number of hydrogen-bond donors (Lipinski definition) is 1. The van der Waals surface area contributed by atoms with Gasteiger partial charge in [-0.3, -0.25) is 4.99 Å². The highest BCUT2D eigenvalue weighted by molar-refractivity contribution is 5.80. The van der Waals surface area contributed by atoms with E-state index in [1.54, 1.807) is 0 Å². The Hall–Kier alpha value is -1.82. The minimum Gasteiger partial charge on any atom is -0.356 e. The molecule has 1 N–H and O–H groups in total. The molecular weight excluding hydrogens is 336 g/mol. The predicted molar refractivity (Wildman–Crippen MR) is 113 cm³/mol. The van der Waals surface area contributed by atoms with E-state index >= 15 is 0 Å². The maximum atomic E-state index is 4.55. The van der Waals surface area contributed by atoms with E-state index in [-0.39, 0.29) is 0 Å². The summed E-state index contributed by atoms with van der Waals surface area (Å²) < 4.78 is 0. The summed E-state index contributed by atoms with van der Waals surface area (Å²) in [6.07, 6.45) is 4.52. The molecule has 0 saturated carbocycles.